The lowest BCUT2D eigenvalue weighted by atomic mass is 10.2. The van der Waals surface area contributed by atoms with Crippen LogP contribution in [0.2, 0.25) is 0 Å². The first-order valence-electron chi connectivity index (χ1n) is 8.08. The molecule has 2 aromatic rings. The van der Waals surface area contributed by atoms with Crippen molar-refractivity contribution in [2.75, 3.05) is 32.7 Å². The van der Waals surface area contributed by atoms with Crippen molar-refractivity contribution in [1.82, 2.24) is 15.1 Å². The van der Waals surface area contributed by atoms with Crippen molar-refractivity contribution >= 4 is 11.8 Å². The van der Waals surface area contributed by atoms with Crippen molar-refractivity contribution in [1.29, 1.82) is 0 Å². The molecule has 0 saturated carbocycles. The van der Waals surface area contributed by atoms with Gasteiger partial charge in [-0.1, -0.05) is 30.3 Å². The predicted molar refractivity (Wildman–Crippen MR) is 89.7 cm³/mol. The van der Waals surface area contributed by atoms with Gasteiger partial charge in [0.15, 0.2) is 5.76 Å². The van der Waals surface area contributed by atoms with E-state index >= 15 is 0 Å². The van der Waals surface area contributed by atoms with Gasteiger partial charge in [-0.25, -0.2) is 4.79 Å². The first kappa shape index (κ1) is 16.3. The van der Waals surface area contributed by atoms with E-state index in [1.165, 1.54) is 6.26 Å². The topological polar surface area (TPSA) is 65.8 Å². The lowest BCUT2D eigenvalue weighted by Crippen LogP contribution is -2.52. The highest BCUT2D eigenvalue weighted by Gasteiger charge is 2.23. The highest BCUT2D eigenvalue weighted by Crippen LogP contribution is 2.07. The first-order chi connectivity index (χ1) is 11.7. The first-order valence-corrected chi connectivity index (χ1v) is 8.08. The number of nitrogens with one attached hydrogen (secondary N) is 1. The molecule has 6 nitrogen and oxygen atoms in total. The minimum Gasteiger partial charge on any atom is -0.461 e. The summed E-state index contributed by atoms with van der Waals surface area (Å²) in [6.07, 6.45) is 1.50. The molecule has 1 fully saturated rings. The van der Waals surface area contributed by atoms with Crippen molar-refractivity contribution in [3.05, 3.63) is 60.1 Å². The zero-order valence-corrected chi connectivity index (χ0v) is 13.5. The zero-order valence-electron chi connectivity index (χ0n) is 13.5. The van der Waals surface area contributed by atoms with E-state index in [0.29, 0.717) is 45.0 Å². The Morgan fingerprint density at radius 1 is 1.00 bits per heavy atom. The lowest BCUT2D eigenvalue weighted by Gasteiger charge is -2.34. The van der Waals surface area contributed by atoms with Gasteiger partial charge in [-0.05, 0) is 17.7 Å². The second-order valence-corrected chi connectivity index (χ2v) is 5.81. The number of urea groups is 1. The van der Waals surface area contributed by atoms with Gasteiger partial charge < -0.3 is 14.6 Å². The van der Waals surface area contributed by atoms with Crippen molar-refractivity contribution in [2.24, 2.45) is 0 Å². The third-order valence-corrected chi connectivity index (χ3v) is 4.11. The van der Waals surface area contributed by atoms with Crippen molar-refractivity contribution < 1.29 is 14.0 Å². The van der Waals surface area contributed by atoms with E-state index in [9.17, 15) is 9.59 Å². The lowest BCUT2D eigenvalue weighted by molar-refractivity contribution is 0.0852. The Morgan fingerprint density at radius 2 is 1.75 bits per heavy atom. The largest absolute Gasteiger partial charge is 0.461 e. The van der Waals surface area contributed by atoms with Crippen LogP contribution in [0.5, 0.6) is 0 Å². The molecule has 0 bridgehead atoms. The van der Waals surface area contributed by atoms with Crippen LogP contribution in [-0.4, -0.2) is 54.3 Å². The number of amides is 2. The third-order valence-electron chi connectivity index (χ3n) is 4.11. The van der Waals surface area contributed by atoms with Gasteiger partial charge in [-0.3, -0.25) is 9.69 Å². The fourth-order valence-corrected chi connectivity index (χ4v) is 2.71. The average Bonchev–Trinajstić information content (AvgIpc) is 3.16. The molecule has 1 saturated heterocycles. The van der Waals surface area contributed by atoms with Crippen molar-refractivity contribution in [3.8, 4) is 0 Å². The summed E-state index contributed by atoms with van der Waals surface area (Å²) in [4.78, 5) is 28.1. The number of benzene rings is 1. The number of carbonyl (C=O) groups is 2. The molecule has 2 amide bonds. The summed E-state index contributed by atoms with van der Waals surface area (Å²) in [7, 11) is 0. The van der Waals surface area contributed by atoms with Crippen molar-refractivity contribution in [2.45, 2.75) is 6.54 Å². The molecule has 126 valence electrons. The van der Waals surface area contributed by atoms with Crippen LogP contribution in [0.15, 0.2) is 53.1 Å². The number of hydrogen-bond donors (Lipinski definition) is 1. The van der Waals surface area contributed by atoms with E-state index in [-0.39, 0.29) is 11.8 Å². The summed E-state index contributed by atoms with van der Waals surface area (Å²) < 4.78 is 5.12. The smallest absolute Gasteiger partial charge is 0.317 e. The monoisotopic (exact) mass is 327 g/mol. The van der Waals surface area contributed by atoms with E-state index in [4.69, 9.17) is 4.42 Å². The zero-order chi connectivity index (χ0) is 16.8. The van der Waals surface area contributed by atoms with Gasteiger partial charge in [0.25, 0.3) is 0 Å². The molecular formula is C18H21N3O3. The van der Waals surface area contributed by atoms with Crippen LogP contribution >= 0.6 is 0 Å². The predicted octanol–water partition coefficient (Wildman–Crippen LogP) is 1.99. The second-order valence-electron chi connectivity index (χ2n) is 5.81. The molecular weight excluding hydrogens is 306 g/mol. The van der Waals surface area contributed by atoms with E-state index < -0.39 is 0 Å². The Labute approximate surface area is 141 Å². The van der Waals surface area contributed by atoms with E-state index in [1.807, 2.05) is 35.2 Å². The number of ketones is 1. The molecule has 1 aromatic heterocycles. The number of Topliss-reactive ketones (excluding diaryl/α,β-unsaturated/α-hetero) is 1. The highest BCUT2D eigenvalue weighted by atomic mass is 16.3. The molecule has 1 aliphatic heterocycles. The molecule has 0 atom stereocenters. The normalized spacial score (nSPS) is 15.2. The van der Waals surface area contributed by atoms with Crippen LogP contribution < -0.4 is 5.32 Å². The Morgan fingerprint density at radius 3 is 2.42 bits per heavy atom. The summed E-state index contributed by atoms with van der Waals surface area (Å²) in [5, 5.41) is 2.93. The highest BCUT2D eigenvalue weighted by molar-refractivity contribution is 5.95. The summed E-state index contributed by atoms with van der Waals surface area (Å²) in [5.74, 6) is 0.361. The van der Waals surface area contributed by atoms with Gasteiger partial charge in [0.2, 0.25) is 5.78 Å². The Hall–Kier alpha value is -2.60. The quantitative estimate of drug-likeness (QED) is 0.853. The van der Waals surface area contributed by atoms with Gasteiger partial charge in [0, 0.05) is 32.7 Å². The maximum Gasteiger partial charge on any atom is 0.317 e. The van der Waals surface area contributed by atoms with E-state index in [0.717, 1.165) is 5.56 Å². The van der Waals surface area contributed by atoms with Gasteiger partial charge in [-0.15, -0.1) is 0 Å². The maximum atomic E-state index is 12.2. The second kappa shape index (κ2) is 7.79. The van der Waals surface area contributed by atoms with Crippen LogP contribution in [-0.2, 0) is 6.54 Å². The standard InChI is InChI=1S/C18H21N3O3/c22-16(17-7-4-12-24-17)14-20-8-10-21(11-9-20)18(23)19-13-15-5-2-1-3-6-15/h1-7,12H,8-11,13-14H2,(H,19,23). The van der Waals surface area contributed by atoms with E-state index in [2.05, 4.69) is 5.32 Å². The Kier molecular flexibility index (Phi) is 5.28. The number of piperazine rings is 1. The van der Waals surface area contributed by atoms with Crippen LogP contribution in [0.3, 0.4) is 0 Å². The van der Waals surface area contributed by atoms with Gasteiger partial charge in [-0.2, -0.15) is 0 Å². The average molecular weight is 327 g/mol. The van der Waals surface area contributed by atoms with Gasteiger partial charge >= 0.3 is 6.03 Å². The number of hydrogen-bond acceptors (Lipinski definition) is 4. The fourth-order valence-electron chi connectivity index (χ4n) is 2.71. The molecule has 1 aromatic carbocycles. The van der Waals surface area contributed by atoms with Crippen LogP contribution in [0.25, 0.3) is 0 Å². The number of carbonyl (C=O) groups excluding carboxylic acids is 2. The van der Waals surface area contributed by atoms with Gasteiger partial charge in [0.05, 0.1) is 12.8 Å². The summed E-state index contributed by atoms with van der Waals surface area (Å²) in [5.41, 5.74) is 1.08. The molecule has 0 aliphatic carbocycles. The number of furan rings is 1. The minimum absolute atomic E-state index is 0.0259. The molecule has 0 unspecified atom stereocenters. The fraction of sp³-hybridized carbons (Fsp3) is 0.333. The molecule has 2 heterocycles. The molecule has 3 rings (SSSR count). The molecule has 24 heavy (non-hydrogen) atoms. The molecule has 0 spiro atoms. The molecule has 6 heteroatoms. The van der Waals surface area contributed by atoms with Crippen LogP contribution in [0.4, 0.5) is 4.79 Å². The summed E-state index contributed by atoms with van der Waals surface area (Å²) in [6, 6.07) is 13.2. The third kappa shape index (κ3) is 4.23. The minimum atomic E-state index is -0.0594. The van der Waals surface area contributed by atoms with E-state index in [1.54, 1.807) is 17.0 Å². The number of nitrogens with zero attached hydrogens (tertiary/aromatic N) is 2. The summed E-state index contributed by atoms with van der Waals surface area (Å²) >= 11 is 0. The SMILES string of the molecule is O=C(CN1CCN(C(=O)NCc2ccccc2)CC1)c1ccco1. The Bertz CT molecular complexity index is 662. The van der Waals surface area contributed by atoms with Crippen molar-refractivity contribution in [3.63, 3.8) is 0 Å². The molecule has 0 radical (unpaired) electrons. The maximum absolute atomic E-state index is 12.2. The molecule has 1 N–H and O–H groups in total. The van der Waals surface area contributed by atoms with Crippen LogP contribution in [0, 0.1) is 0 Å². The summed E-state index contributed by atoms with van der Waals surface area (Å²) in [6.45, 7) is 3.46. The number of rotatable bonds is 5. The molecule has 1 aliphatic rings. The van der Waals surface area contributed by atoms with Crippen LogP contribution in [0.1, 0.15) is 16.1 Å². The Balaban J connectivity index is 1.41. The van der Waals surface area contributed by atoms with Gasteiger partial charge in [0.1, 0.15) is 0 Å².